The molecule has 0 aromatic heterocycles. The van der Waals surface area contributed by atoms with Crippen molar-refractivity contribution in [3.63, 3.8) is 0 Å². The Labute approximate surface area is 248 Å². The number of amides is 2. The lowest BCUT2D eigenvalue weighted by Crippen LogP contribution is -2.55. The van der Waals surface area contributed by atoms with Gasteiger partial charge in [-0.25, -0.2) is 9.64 Å². The van der Waals surface area contributed by atoms with Crippen LogP contribution in [0, 0.1) is 6.57 Å². The van der Waals surface area contributed by atoms with Crippen molar-refractivity contribution in [2.75, 3.05) is 48.3 Å². The third-order valence-corrected chi connectivity index (χ3v) is 9.11. The molecule has 5 N–H and O–H groups in total. The lowest BCUT2D eigenvalue weighted by Gasteiger charge is -2.38. The van der Waals surface area contributed by atoms with E-state index in [2.05, 4.69) is 4.85 Å². The molecule has 0 atom stereocenters. The van der Waals surface area contributed by atoms with E-state index in [0.29, 0.717) is 30.2 Å². The van der Waals surface area contributed by atoms with E-state index in [4.69, 9.17) is 31.0 Å². The maximum absolute atomic E-state index is 13.3. The first-order valence-corrected chi connectivity index (χ1v) is 17.0. The van der Waals surface area contributed by atoms with Crippen molar-refractivity contribution in [1.29, 1.82) is 0 Å². The van der Waals surface area contributed by atoms with Crippen LogP contribution in [0.4, 0.5) is 21.9 Å². The van der Waals surface area contributed by atoms with Crippen LogP contribution in [0.5, 0.6) is 5.75 Å². The zero-order valence-corrected chi connectivity index (χ0v) is 25.8. The van der Waals surface area contributed by atoms with Gasteiger partial charge in [-0.3, -0.25) is 18.9 Å². The Balaban J connectivity index is 2.02. The molecule has 0 aliphatic carbocycles. The molecule has 2 heterocycles. The van der Waals surface area contributed by atoms with Gasteiger partial charge in [-0.2, -0.15) is 0 Å². The molecule has 0 saturated carbocycles. The zero-order chi connectivity index (χ0) is 30.7. The number of hydrogen-bond donors (Lipinski definition) is 5. The summed E-state index contributed by atoms with van der Waals surface area (Å²) in [6.45, 7) is 12.0. The van der Waals surface area contributed by atoms with Gasteiger partial charge in [0.25, 0.3) is 0 Å². The molecule has 1 aromatic carbocycles. The van der Waals surface area contributed by atoms with Crippen LogP contribution in [-0.2, 0) is 9.13 Å². The maximum Gasteiger partial charge on any atom is 0.330 e. The van der Waals surface area contributed by atoms with E-state index in [1.54, 1.807) is 18.2 Å². The molecular weight excluding hydrogens is 612 g/mol. The fourth-order valence-corrected chi connectivity index (χ4v) is 6.42. The molecule has 17 heteroatoms. The number of hydrogen-bond acceptors (Lipinski definition) is 8. The number of allylic oxidation sites excluding steroid dienone is 2. The predicted octanol–water partition coefficient (Wildman–Crippen LogP) is 3.90. The molecule has 2 amide bonds. The molecule has 13 nitrogen and oxygen atoms in total. The molecule has 0 spiro atoms. The summed E-state index contributed by atoms with van der Waals surface area (Å²) in [6, 6.07) is 2.50. The lowest BCUT2D eigenvalue weighted by atomic mass is 10.1. The predicted molar refractivity (Wildman–Crippen MR) is 164 cm³/mol. The Morgan fingerprint density at radius 1 is 0.854 bits per heavy atom. The Hall–Kier alpha value is -2.66. The average molecular weight is 644 g/mol. The van der Waals surface area contributed by atoms with Gasteiger partial charge in [0.2, 0.25) is 5.69 Å². The summed E-state index contributed by atoms with van der Waals surface area (Å²) in [6.07, 6.45) is 2.38. The molecule has 41 heavy (non-hydrogen) atoms. The number of anilines is 2. The second-order valence-electron chi connectivity index (χ2n) is 9.22. The second-order valence-corrected chi connectivity index (χ2v) is 13.5. The van der Waals surface area contributed by atoms with Crippen molar-refractivity contribution < 1.29 is 38.6 Å². The molecule has 0 unspecified atom stereocenters. The van der Waals surface area contributed by atoms with E-state index in [1.807, 2.05) is 23.6 Å². The summed E-state index contributed by atoms with van der Waals surface area (Å²) < 4.78 is 22.7. The minimum atomic E-state index is -4.32. The summed E-state index contributed by atoms with van der Waals surface area (Å²) in [5.41, 5.74) is 1.85. The fourth-order valence-electron chi connectivity index (χ4n) is 4.58. The van der Waals surface area contributed by atoms with Crippen molar-refractivity contribution in [2.24, 2.45) is 0 Å². The molecule has 2 aliphatic heterocycles. The van der Waals surface area contributed by atoms with E-state index in [9.17, 15) is 38.6 Å². The first-order valence-electron chi connectivity index (χ1n) is 12.6. The van der Waals surface area contributed by atoms with Crippen LogP contribution in [0.1, 0.15) is 26.7 Å². The van der Waals surface area contributed by atoms with Crippen molar-refractivity contribution in [1.82, 2.24) is 9.80 Å². The Kier molecular flexibility index (Phi) is 10.5. The first kappa shape index (κ1) is 32.8. The minimum Gasteiger partial charge on any atom is -0.519 e. The zero-order valence-electron chi connectivity index (χ0n) is 22.4. The fraction of sp³-hybridized carbons (Fsp3) is 0.417. The highest BCUT2D eigenvalue weighted by molar-refractivity contribution is 7.83. The molecule has 1 fully saturated rings. The number of fused-ring (bicyclic) bond motifs is 1. The van der Waals surface area contributed by atoms with Crippen molar-refractivity contribution in [3.8, 4) is 5.75 Å². The van der Waals surface area contributed by atoms with E-state index in [1.165, 1.54) is 15.9 Å². The van der Waals surface area contributed by atoms with Crippen LogP contribution in [0.3, 0.4) is 0 Å². The van der Waals surface area contributed by atoms with Crippen LogP contribution in [-0.4, -0.2) is 89.0 Å². The first-order chi connectivity index (χ1) is 19.1. The number of phenols is 1. The number of phenolic OH excluding ortho intramolecular Hbond substituents is 1. The molecular formula is C24H31N5O8P2S2. The highest BCUT2D eigenvalue weighted by Gasteiger charge is 2.37. The third kappa shape index (κ3) is 7.60. The van der Waals surface area contributed by atoms with E-state index < -0.39 is 33.5 Å². The molecule has 3 rings (SSSR count). The van der Waals surface area contributed by atoms with Crippen molar-refractivity contribution in [3.05, 3.63) is 47.1 Å². The van der Waals surface area contributed by atoms with Crippen molar-refractivity contribution in [2.45, 2.75) is 26.7 Å². The van der Waals surface area contributed by atoms with Gasteiger partial charge in [0.05, 0.1) is 30.3 Å². The number of aromatic hydroxyl groups is 1. The monoisotopic (exact) mass is 643 g/mol. The summed E-state index contributed by atoms with van der Waals surface area (Å²) in [4.78, 5) is 60.0. The second kappa shape index (κ2) is 13.1. The number of benzene rings is 1. The largest absolute Gasteiger partial charge is 0.519 e. The SMILES string of the molecule is [C-]#[N+]c1cc2c(cc1O)N(CC)/C(=C\C=C1C(=S)N(CCCP(=O)(O)O)C(=O)N(CCCP(=O)(O)O)C1=S)N2CC. The molecule has 2 aliphatic rings. The maximum atomic E-state index is 13.3. The summed E-state index contributed by atoms with van der Waals surface area (Å²) in [5.74, 6) is 0.556. The number of nitrogens with zero attached hydrogens (tertiary/aromatic N) is 5. The Morgan fingerprint density at radius 3 is 1.73 bits per heavy atom. The van der Waals surface area contributed by atoms with Crippen LogP contribution in [0.15, 0.2) is 35.7 Å². The quantitative estimate of drug-likeness (QED) is 0.102. The standard InChI is InChI=1S/C24H31N5O8P2S2/c1-4-26-18-14-17(25-3)20(30)15-19(18)27(5-2)21(26)9-8-16-22(40)28(10-6-12-38(32,33)34)24(31)29(23(16)41)11-7-13-39(35,36)37/h8-9,14-15,30H,4-7,10-13H2,1-2H3,(H2,32,33,34)(H2,35,36,37)/b21-9-. The van der Waals surface area contributed by atoms with Gasteiger partial charge in [-0.1, -0.05) is 24.4 Å². The highest BCUT2D eigenvalue weighted by Crippen LogP contribution is 2.47. The van der Waals surface area contributed by atoms with Gasteiger partial charge in [-0.05, 0) is 51.0 Å². The highest BCUT2D eigenvalue weighted by atomic mass is 32.1. The van der Waals surface area contributed by atoms with Gasteiger partial charge in [0, 0.05) is 31.8 Å². The van der Waals surface area contributed by atoms with E-state index >= 15 is 0 Å². The van der Waals surface area contributed by atoms with Gasteiger partial charge < -0.3 is 34.5 Å². The molecule has 1 saturated heterocycles. The Bertz CT molecular complexity index is 1400. The molecule has 1 aromatic rings. The van der Waals surface area contributed by atoms with Gasteiger partial charge in [0.1, 0.15) is 21.5 Å². The minimum absolute atomic E-state index is 0.0387. The molecule has 0 radical (unpaired) electrons. The van der Waals surface area contributed by atoms with Crippen molar-refractivity contribution >= 4 is 72.7 Å². The summed E-state index contributed by atoms with van der Waals surface area (Å²) >= 11 is 11.2. The van der Waals surface area contributed by atoms with Crippen LogP contribution in [0.25, 0.3) is 4.85 Å². The third-order valence-electron chi connectivity index (χ3n) is 6.43. The Morgan fingerprint density at radius 2 is 1.32 bits per heavy atom. The van der Waals surface area contributed by atoms with E-state index in [-0.39, 0.29) is 47.3 Å². The number of rotatable bonds is 11. The number of thiocarbonyl (C=S) groups is 2. The summed E-state index contributed by atoms with van der Waals surface area (Å²) in [5, 5.41) is 10.3. The van der Waals surface area contributed by atoms with Crippen LogP contribution in [0.2, 0.25) is 0 Å². The van der Waals surface area contributed by atoms with Crippen LogP contribution >= 0.6 is 39.6 Å². The van der Waals surface area contributed by atoms with E-state index in [0.717, 1.165) is 5.69 Å². The van der Waals surface area contributed by atoms with Gasteiger partial charge in [0.15, 0.2) is 0 Å². The van der Waals surface area contributed by atoms with Gasteiger partial charge in [-0.15, -0.1) is 0 Å². The average Bonchev–Trinajstić information content (AvgIpc) is 3.17. The number of carbonyl (C=O) groups excluding carboxylic acids is 1. The summed E-state index contributed by atoms with van der Waals surface area (Å²) in [7, 11) is -8.63. The molecule has 222 valence electrons. The number of urea groups is 1. The smallest absolute Gasteiger partial charge is 0.330 e. The topological polar surface area (TPSA) is 170 Å². The lowest BCUT2D eigenvalue weighted by molar-refractivity contribution is 0.197. The van der Waals surface area contributed by atoms with Crippen LogP contribution < -0.4 is 9.80 Å². The normalized spacial score (nSPS) is 17.0. The van der Waals surface area contributed by atoms with Gasteiger partial charge >= 0.3 is 21.2 Å². The molecule has 0 bridgehead atoms. The number of carbonyl (C=O) groups is 1.